The molecule has 0 aromatic heterocycles. The molecule has 3 nitrogen and oxygen atoms in total. The van der Waals surface area contributed by atoms with Gasteiger partial charge in [-0.3, -0.25) is 0 Å². The molecule has 0 saturated heterocycles. The van der Waals surface area contributed by atoms with E-state index in [2.05, 4.69) is 31.9 Å². The molecule has 78 valence electrons. The van der Waals surface area contributed by atoms with E-state index in [1.165, 1.54) is 0 Å². The fourth-order valence-electron chi connectivity index (χ4n) is 0.810. The van der Waals surface area contributed by atoms with Crippen LogP contribution in [0.25, 0.3) is 0 Å². The third-order valence-electron chi connectivity index (χ3n) is 1.36. The lowest BCUT2D eigenvalue weighted by atomic mass is 10.3. The standard InChI is InChI=1S/C6H3Br2F2NO2S/c7-4-2(9)1-3(10)6(5(4)8)14(11,12)13/h1H,(H2,11,12,13). The van der Waals surface area contributed by atoms with Crippen molar-refractivity contribution in [3.63, 3.8) is 0 Å². The van der Waals surface area contributed by atoms with E-state index in [-0.39, 0.29) is 8.95 Å². The summed E-state index contributed by atoms with van der Waals surface area (Å²) < 4.78 is 47.2. The summed E-state index contributed by atoms with van der Waals surface area (Å²) in [7, 11) is -4.22. The van der Waals surface area contributed by atoms with Crippen LogP contribution in [0, 0.1) is 11.6 Å². The summed E-state index contributed by atoms with van der Waals surface area (Å²) in [6, 6.07) is 0.439. The minimum Gasteiger partial charge on any atom is -0.224 e. The van der Waals surface area contributed by atoms with E-state index in [0.717, 1.165) is 0 Å². The van der Waals surface area contributed by atoms with E-state index in [0.29, 0.717) is 6.07 Å². The first-order valence-electron chi connectivity index (χ1n) is 3.11. The van der Waals surface area contributed by atoms with Gasteiger partial charge in [-0.1, -0.05) is 0 Å². The van der Waals surface area contributed by atoms with Gasteiger partial charge in [-0.25, -0.2) is 22.3 Å². The quantitative estimate of drug-likeness (QED) is 0.623. The van der Waals surface area contributed by atoms with Crippen molar-refractivity contribution in [2.75, 3.05) is 0 Å². The van der Waals surface area contributed by atoms with Crippen LogP contribution < -0.4 is 5.14 Å². The summed E-state index contributed by atoms with van der Waals surface area (Å²) in [5.74, 6) is -2.15. The Morgan fingerprint density at radius 2 is 1.64 bits per heavy atom. The Bertz CT molecular complexity index is 489. The minimum atomic E-state index is -4.22. The molecule has 14 heavy (non-hydrogen) atoms. The Morgan fingerprint density at radius 1 is 1.14 bits per heavy atom. The van der Waals surface area contributed by atoms with Gasteiger partial charge in [-0.15, -0.1) is 0 Å². The van der Waals surface area contributed by atoms with Crippen molar-refractivity contribution >= 4 is 41.9 Å². The number of rotatable bonds is 1. The van der Waals surface area contributed by atoms with E-state index in [1.54, 1.807) is 0 Å². The molecule has 0 bridgehead atoms. The maximum atomic E-state index is 13.0. The first kappa shape index (κ1) is 12.0. The molecule has 0 aliphatic rings. The highest BCUT2D eigenvalue weighted by Crippen LogP contribution is 2.33. The van der Waals surface area contributed by atoms with Gasteiger partial charge in [0.25, 0.3) is 0 Å². The third-order valence-corrected chi connectivity index (χ3v) is 4.69. The van der Waals surface area contributed by atoms with Crippen LogP contribution >= 0.6 is 31.9 Å². The highest BCUT2D eigenvalue weighted by Gasteiger charge is 2.23. The van der Waals surface area contributed by atoms with E-state index in [9.17, 15) is 17.2 Å². The predicted molar refractivity (Wildman–Crippen MR) is 53.1 cm³/mol. The highest BCUT2D eigenvalue weighted by atomic mass is 79.9. The summed E-state index contributed by atoms with van der Waals surface area (Å²) in [5, 5.41) is 4.74. The summed E-state index contributed by atoms with van der Waals surface area (Å²) >= 11 is 5.48. The molecule has 1 aromatic rings. The second-order valence-corrected chi connectivity index (χ2v) is 5.43. The Balaban J connectivity index is 3.70. The average molecular weight is 351 g/mol. The van der Waals surface area contributed by atoms with Crippen LogP contribution in [-0.4, -0.2) is 8.42 Å². The van der Waals surface area contributed by atoms with Gasteiger partial charge in [-0.05, 0) is 31.9 Å². The molecule has 8 heteroatoms. The van der Waals surface area contributed by atoms with E-state index in [4.69, 9.17) is 5.14 Å². The van der Waals surface area contributed by atoms with Crippen LogP contribution in [0.1, 0.15) is 0 Å². The summed E-state index contributed by atoms with van der Waals surface area (Å²) in [4.78, 5) is -0.772. The van der Waals surface area contributed by atoms with Gasteiger partial charge in [0.15, 0.2) is 0 Å². The zero-order valence-corrected chi connectivity index (χ0v) is 10.4. The first-order chi connectivity index (χ1) is 6.25. The molecular weight excluding hydrogens is 348 g/mol. The molecule has 0 heterocycles. The van der Waals surface area contributed by atoms with Crippen molar-refractivity contribution in [2.24, 2.45) is 5.14 Å². The van der Waals surface area contributed by atoms with E-state index >= 15 is 0 Å². The zero-order chi connectivity index (χ0) is 11.1. The lowest BCUT2D eigenvalue weighted by molar-refractivity contribution is 0.544. The number of benzene rings is 1. The second kappa shape index (κ2) is 3.84. The minimum absolute atomic E-state index is 0.192. The van der Waals surface area contributed by atoms with Gasteiger partial charge >= 0.3 is 0 Å². The Labute approximate surface area is 95.6 Å². The van der Waals surface area contributed by atoms with Gasteiger partial charge in [0, 0.05) is 6.07 Å². The molecule has 0 radical (unpaired) electrons. The average Bonchev–Trinajstić information content (AvgIpc) is 1.97. The summed E-state index contributed by atoms with van der Waals surface area (Å²) in [5.41, 5.74) is 0. The number of hydrogen-bond acceptors (Lipinski definition) is 2. The van der Waals surface area contributed by atoms with Crippen LogP contribution in [0.4, 0.5) is 8.78 Å². The molecule has 0 spiro atoms. The van der Waals surface area contributed by atoms with Gasteiger partial charge in [0.2, 0.25) is 10.0 Å². The van der Waals surface area contributed by atoms with Gasteiger partial charge in [0.1, 0.15) is 16.5 Å². The molecule has 1 rings (SSSR count). The van der Waals surface area contributed by atoms with Gasteiger partial charge in [0.05, 0.1) is 8.95 Å². The normalized spacial score (nSPS) is 11.8. The Morgan fingerprint density at radius 3 is 2.07 bits per heavy atom. The monoisotopic (exact) mass is 349 g/mol. The molecule has 0 saturated carbocycles. The molecule has 0 aliphatic heterocycles. The van der Waals surface area contributed by atoms with Crippen molar-refractivity contribution in [3.8, 4) is 0 Å². The predicted octanol–water partition coefficient (Wildman–Crippen LogP) is 2.14. The summed E-state index contributed by atoms with van der Waals surface area (Å²) in [6.07, 6.45) is 0. The van der Waals surface area contributed by atoms with Crippen molar-refractivity contribution in [1.29, 1.82) is 0 Å². The Kier molecular flexibility index (Phi) is 3.30. The smallest absolute Gasteiger partial charge is 0.224 e. The summed E-state index contributed by atoms with van der Waals surface area (Å²) in [6.45, 7) is 0. The van der Waals surface area contributed by atoms with Crippen molar-refractivity contribution in [1.82, 2.24) is 0 Å². The third kappa shape index (κ3) is 2.13. The number of primary sulfonamides is 1. The van der Waals surface area contributed by atoms with Crippen LogP contribution in [0.3, 0.4) is 0 Å². The molecule has 0 unspecified atom stereocenters. The van der Waals surface area contributed by atoms with Gasteiger partial charge in [-0.2, -0.15) is 0 Å². The number of halogens is 4. The fourth-order valence-corrected chi connectivity index (χ4v) is 2.99. The van der Waals surface area contributed by atoms with Gasteiger partial charge < -0.3 is 0 Å². The van der Waals surface area contributed by atoms with Crippen molar-refractivity contribution < 1.29 is 17.2 Å². The molecule has 2 N–H and O–H groups in total. The van der Waals surface area contributed by atoms with Crippen LogP contribution in [0.15, 0.2) is 19.9 Å². The number of sulfonamides is 1. The second-order valence-electron chi connectivity index (χ2n) is 2.34. The molecule has 0 aliphatic carbocycles. The van der Waals surface area contributed by atoms with E-state index in [1.807, 2.05) is 0 Å². The molecular formula is C6H3Br2F2NO2S. The maximum Gasteiger partial charge on any atom is 0.242 e. The number of hydrogen-bond donors (Lipinski definition) is 1. The zero-order valence-electron chi connectivity index (χ0n) is 6.39. The largest absolute Gasteiger partial charge is 0.242 e. The molecule has 0 atom stereocenters. The number of nitrogens with two attached hydrogens (primary N) is 1. The fraction of sp³-hybridized carbons (Fsp3) is 0. The highest BCUT2D eigenvalue weighted by molar-refractivity contribution is 9.13. The maximum absolute atomic E-state index is 13.0. The topological polar surface area (TPSA) is 60.2 Å². The van der Waals surface area contributed by atoms with Crippen molar-refractivity contribution in [3.05, 3.63) is 26.6 Å². The lowest BCUT2D eigenvalue weighted by Gasteiger charge is -2.06. The molecule has 0 fully saturated rings. The van der Waals surface area contributed by atoms with E-state index < -0.39 is 26.6 Å². The lowest BCUT2D eigenvalue weighted by Crippen LogP contribution is -2.15. The SMILES string of the molecule is NS(=O)(=O)c1c(F)cc(F)c(Br)c1Br. The Hall–Kier alpha value is -0.0500. The molecule has 1 aromatic carbocycles. The van der Waals surface area contributed by atoms with Crippen LogP contribution in [0.2, 0.25) is 0 Å². The first-order valence-corrected chi connectivity index (χ1v) is 6.24. The molecule has 0 amide bonds. The van der Waals surface area contributed by atoms with Crippen molar-refractivity contribution in [2.45, 2.75) is 4.90 Å². The van der Waals surface area contributed by atoms with Crippen LogP contribution in [0.5, 0.6) is 0 Å². The van der Waals surface area contributed by atoms with Crippen LogP contribution in [-0.2, 0) is 10.0 Å².